The summed E-state index contributed by atoms with van der Waals surface area (Å²) in [4.78, 5) is 0. The van der Waals surface area contributed by atoms with Gasteiger partial charge in [-0.15, -0.1) is 0 Å². The van der Waals surface area contributed by atoms with E-state index in [1.807, 2.05) is 36.1 Å². The summed E-state index contributed by atoms with van der Waals surface area (Å²) < 4.78 is 12.4. The first-order valence-corrected chi connectivity index (χ1v) is 7.23. The highest BCUT2D eigenvalue weighted by Gasteiger charge is 2.07. The molecule has 0 aliphatic heterocycles. The minimum atomic E-state index is 0.209. The summed E-state index contributed by atoms with van der Waals surface area (Å²) in [7, 11) is 1.69. The Bertz CT molecular complexity index is 537. The van der Waals surface area contributed by atoms with Crippen LogP contribution in [0.3, 0.4) is 0 Å². The Balaban J connectivity index is 1.93. The van der Waals surface area contributed by atoms with Gasteiger partial charge in [-0.3, -0.25) is 4.68 Å². The molecule has 0 saturated heterocycles. The van der Waals surface area contributed by atoms with Crippen LogP contribution in [0.15, 0.2) is 36.7 Å². The quantitative estimate of drug-likeness (QED) is 0.811. The summed E-state index contributed by atoms with van der Waals surface area (Å²) in [5, 5.41) is 7.73. The molecule has 0 aliphatic rings. The monoisotopic (exact) mass is 289 g/mol. The Labute approximate surface area is 125 Å². The first-order chi connectivity index (χ1) is 10.2. The first kappa shape index (κ1) is 15.4. The van der Waals surface area contributed by atoms with E-state index in [0.29, 0.717) is 13.2 Å². The Morgan fingerprint density at radius 3 is 2.71 bits per heavy atom. The molecule has 0 amide bonds. The highest BCUT2D eigenvalue weighted by Crippen LogP contribution is 2.21. The summed E-state index contributed by atoms with van der Waals surface area (Å²) in [5.41, 5.74) is 2.22. The maximum atomic E-state index is 5.45. The second-order valence-electron chi connectivity index (χ2n) is 4.85. The number of anilines is 1. The number of benzene rings is 1. The van der Waals surface area contributed by atoms with E-state index in [1.165, 1.54) is 5.56 Å². The van der Waals surface area contributed by atoms with Crippen molar-refractivity contribution in [1.29, 1.82) is 0 Å². The zero-order valence-corrected chi connectivity index (χ0v) is 12.9. The summed E-state index contributed by atoms with van der Waals surface area (Å²) in [6.45, 7) is 6.22. The lowest BCUT2D eigenvalue weighted by atomic mass is 10.1. The van der Waals surface area contributed by atoms with Gasteiger partial charge in [0, 0.05) is 19.3 Å². The van der Waals surface area contributed by atoms with Crippen LogP contribution in [-0.4, -0.2) is 30.1 Å². The summed E-state index contributed by atoms with van der Waals surface area (Å²) in [6.07, 6.45) is 3.82. The molecular formula is C16H23N3O2. The number of ether oxygens (including phenoxy) is 2. The number of aromatic nitrogens is 2. The van der Waals surface area contributed by atoms with Crippen LogP contribution in [0, 0.1) is 0 Å². The largest absolute Gasteiger partial charge is 0.494 e. The fourth-order valence-electron chi connectivity index (χ4n) is 2.10. The minimum absolute atomic E-state index is 0.209. The molecule has 2 aromatic rings. The van der Waals surface area contributed by atoms with Crippen molar-refractivity contribution in [1.82, 2.24) is 9.78 Å². The van der Waals surface area contributed by atoms with E-state index in [-0.39, 0.29) is 6.04 Å². The first-order valence-electron chi connectivity index (χ1n) is 7.23. The van der Waals surface area contributed by atoms with Crippen LogP contribution in [-0.2, 0) is 11.3 Å². The van der Waals surface area contributed by atoms with Gasteiger partial charge in [-0.05, 0) is 31.5 Å². The Kier molecular flexibility index (Phi) is 5.63. The molecule has 1 aromatic heterocycles. The molecule has 1 unspecified atom stereocenters. The van der Waals surface area contributed by atoms with Gasteiger partial charge in [-0.25, -0.2) is 0 Å². The number of hydrogen-bond acceptors (Lipinski definition) is 4. The van der Waals surface area contributed by atoms with Gasteiger partial charge in [-0.2, -0.15) is 5.10 Å². The van der Waals surface area contributed by atoms with E-state index < -0.39 is 0 Å². The topological polar surface area (TPSA) is 48.3 Å². The van der Waals surface area contributed by atoms with E-state index in [1.54, 1.807) is 7.11 Å². The number of methoxy groups -OCH3 is 1. The van der Waals surface area contributed by atoms with Crippen molar-refractivity contribution in [2.45, 2.75) is 26.4 Å². The van der Waals surface area contributed by atoms with Gasteiger partial charge >= 0.3 is 0 Å². The molecule has 1 N–H and O–H groups in total. The van der Waals surface area contributed by atoms with Gasteiger partial charge in [0.25, 0.3) is 0 Å². The van der Waals surface area contributed by atoms with Gasteiger partial charge < -0.3 is 14.8 Å². The Morgan fingerprint density at radius 2 is 2.05 bits per heavy atom. The molecule has 21 heavy (non-hydrogen) atoms. The van der Waals surface area contributed by atoms with Gasteiger partial charge in [-0.1, -0.05) is 12.1 Å². The standard InChI is InChI=1S/C16H23N3O2/c1-4-21-16-7-5-14(6-8-16)13(2)18-15-11-17-19(12-15)9-10-20-3/h5-8,11-13,18H,4,9-10H2,1-3H3. The molecule has 1 aromatic carbocycles. The predicted molar refractivity (Wildman–Crippen MR) is 83.8 cm³/mol. The molecule has 5 heteroatoms. The van der Waals surface area contributed by atoms with E-state index >= 15 is 0 Å². The Morgan fingerprint density at radius 1 is 1.29 bits per heavy atom. The van der Waals surface area contributed by atoms with Crippen molar-refractivity contribution in [3.05, 3.63) is 42.2 Å². The normalized spacial score (nSPS) is 12.1. The van der Waals surface area contributed by atoms with Crippen molar-refractivity contribution < 1.29 is 9.47 Å². The third-order valence-corrected chi connectivity index (χ3v) is 3.23. The fourth-order valence-corrected chi connectivity index (χ4v) is 2.10. The van der Waals surface area contributed by atoms with Crippen LogP contribution in [0.5, 0.6) is 5.75 Å². The van der Waals surface area contributed by atoms with Gasteiger partial charge in [0.15, 0.2) is 0 Å². The zero-order valence-electron chi connectivity index (χ0n) is 12.9. The van der Waals surface area contributed by atoms with Crippen molar-refractivity contribution >= 4 is 5.69 Å². The third-order valence-electron chi connectivity index (χ3n) is 3.23. The highest BCUT2D eigenvalue weighted by atomic mass is 16.5. The molecule has 1 heterocycles. The van der Waals surface area contributed by atoms with Crippen LogP contribution in [0.25, 0.3) is 0 Å². The van der Waals surface area contributed by atoms with Gasteiger partial charge in [0.05, 0.1) is 31.6 Å². The molecule has 1 atom stereocenters. The molecule has 0 radical (unpaired) electrons. The minimum Gasteiger partial charge on any atom is -0.494 e. The zero-order chi connectivity index (χ0) is 15.1. The van der Waals surface area contributed by atoms with Crippen LogP contribution < -0.4 is 10.1 Å². The lowest BCUT2D eigenvalue weighted by Crippen LogP contribution is -2.06. The Hall–Kier alpha value is -2.01. The number of nitrogens with one attached hydrogen (secondary N) is 1. The molecule has 114 valence electrons. The van der Waals surface area contributed by atoms with Crippen molar-refractivity contribution in [2.24, 2.45) is 0 Å². The van der Waals surface area contributed by atoms with E-state index in [2.05, 4.69) is 29.5 Å². The molecular weight excluding hydrogens is 266 g/mol. The maximum Gasteiger partial charge on any atom is 0.119 e. The summed E-state index contributed by atoms with van der Waals surface area (Å²) in [6, 6.07) is 8.37. The molecule has 0 bridgehead atoms. The lowest BCUT2D eigenvalue weighted by molar-refractivity contribution is 0.183. The smallest absolute Gasteiger partial charge is 0.119 e. The second kappa shape index (κ2) is 7.69. The summed E-state index contributed by atoms with van der Waals surface area (Å²) >= 11 is 0. The van der Waals surface area contributed by atoms with Crippen molar-refractivity contribution in [3.63, 3.8) is 0 Å². The van der Waals surface area contributed by atoms with Crippen LogP contribution in [0.1, 0.15) is 25.5 Å². The average molecular weight is 289 g/mol. The number of hydrogen-bond donors (Lipinski definition) is 1. The highest BCUT2D eigenvalue weighted by molar-refractivity contribution is 5.42. The predicted octanol–water partition coefficient (Wildman–Crippen LogP) is 3.10. The second-order valence-corrected chi connectivity index (χ2v) is 4.85. The molecule has 0 aliphatic carbocycles. The number of nitrogens with zero attached hydrogens (tertiary/aromatic N) is 2. The van der Waals surface area contributed by atoms with Crippen LogP contribution in [0.2, 0.25) is 0 Å². The summed E-state index contributed by atoms with van der Waals surface area (Å²) in [5.74, 6) is 0.904. The lowest BCUT2D eigenvalue weighted by Gasteiger charge is -2.14. The number of rotatable bonds is 8. The van der Waals surface area contributed by atoms with Gasteiger partial charge in [0.2, 0.25) is 0 Å². The SMILES string of the molecule is CCOc1ccc(C(C)Nc2cnn(CCOC)c2)cc1. The molecule has 5 nitrogen and oxygen atoms in total. The maximum absolute atomic E-state index is 5.45. The van der Waals surface area contributed by atoms with Crippen LogP contribution in [0.4, 0.5) is 5.69 Å². The fraction of sp³-hybridized carbons (Fsp3) is 0.438. The molecule has 0 spiro atoms. The molecule has 2 rings (SSSR count). The van der Waals surface area contributed by atoms with Crippen LogP contribution >= 0.6 is 0 Å². The van der Waals surface area contributed by atoms with Crippen molar-refractivity contribution in [3.8, 4) is 5.75 Å². The van der Waals surface area contributed by atoms with E-state index in [9.17, 15) is 0 Å². The van der Waals surface area contributed by atoms with E-state index in [0.717, 1.165) is 18.0 Å². The average Bonchev–Trinajstić information content (AvgIpc) is 2.93. The third kappa shape index (κ3) is 4.49. The molecule has 0 saturated carbocycles. The van der Waals surface area contributed by atoms with Crippen molar-refractivity contribution in [2.75, 3.05) is 25.6 Å². The van der Waals surface area contributed by atoms with E-state index in [4.69, 9.17) is 9.47 Å². The molecule has 0 fully saturated rings. The van der Waals surface area contributed by atoms with Gasteiger partial charge in [0.1, 0.15) is 5.75 Å².